The van der Waals surface area contributed by atoms with Crippen LogP contribution in [0.5, 0.6) is 0 Å². The third-order valence-corrected chi connectivity index (χ3v) is 7.22. The van der Waals surface area contributed by atoms with E-state index in [1.54, 1.807) is 34.7 Å². The Morgan fingerprint density at radius 3 is 2.55 bits per heavy atom. The predicted octanol–water partition coefficient (Wildman–Crippen LogP) is 3.52. The molecule has 0 bridgehead atoms. The van der Waals surface area contributed by atoms with Crippen LogP contribution in [-0.4, -0.2) is 38.9 Å². The van der Waals surface area contributed by atoms with Gasteiger partial charge in [0.05, 0.1) is 47.2 Å². The Labute approximate surface area is 228 Å². The summed E-state index contributed by atoms with van der Waals surface area (Å²) in [6, 6.07) is 4.40. The fourth-order valence-electron chi connectivity index (χ4n) is 4.62. The lowest BCUT2D eigenvalue weighted by Gasteiger charge is -2.26. The molecule has 0 aliphatic heterocycles. The highest BCUT2D eigenvalue weighted by Gasteiger charge is 2.24. The Morgan fingerprint density at radius 2 is 1.80 bits per heavy atom. The first-order valence-corrected chi connectivity index (χ1v) is 12.7. The average Bonchev–Trinajstić information content (AvgIpc) is 3.46. The van der Waals surface area contributed by atoms with Crippen molar-refractivity contribution >= 4 is 34.1 Å². The minimum Gasteiger partial charge on any atom is -0.324 e. The Hall–Kier alpha value is -4.46. The predicted molar refractivity (Wildman–Crippen MR) is 139 cm³/mol. The first kappa shape index (κ1) is 25.8. The maximum absolute atomic E-state index is 14.6. The molecule has 6 rings (SSSR count). The van der Waals surface area contributed by atoms with Gasteiger partial charge in [-0.3, -0.25) is 9.25 Å². The Kier molecular flexibility index (Phi) is 6.41. The standard InChI is InChI=1S/C25H21ClF3N9O2/c1-35-10-14-6-22(17(26)7-21(14)33-35)31-23-32-24(39)37(12-16-9-30-34-38(16)15-3-2-4-15)25(40)36(23)11-13-5-19(28)20(29)8-18(13)27/h5-10,15H,2-4,11-12H2,1H3,(H,31,32,39). The highest BCUT2D eigenvalue weighted by atomic mass is 35.5. The molecule has 5 aromatic rings. The summed E-state index contributed by atoms with van der Waals surface area (Å²) in [6.45, 7) is -0.762. The number of nitrogens with one attached hydrogen (secondary N) is 1. The molecule has 11 nitrogen and oxygen atoms in total. The minimum atomic E-state index is -1.37. The lowest BCUT2D eigenvalue weighted by Crippen LogP contribution is -2.43. The number of hydrogen-bond donors (Lipinski definition) is 1. The second-order valence-electron chi connectivity index (χ2n) is 9.60. The first-order valence-electron chi connectivity index (χ1n) is 12.3. The van der Waals surface area contributed by atoms with Crippen LogP contribution in [0.15, 0.2) is 46.2 Å². The van der Waals surface area contributed by atoms with Crippen molar-refractivity contribution < 1.29 is 13.2 Å². The Morgan fingerprint density at radius 1 is 1.02 bits per heavy atom. The number of benzene rings is 2. The second kappa shape index (κ2) is 9.93. The van der Waals surface area contributed by atoms with E-state index < -0.39 is 35.4 Å². The van der Waals surface area contributed by atoms with E-state index in [9.17, 15) is 22.8 Å². The fourth-order valence-corrected chi connectivity index (χ4v) is 4.83. The number of nitrogens with zero attached hydrogens (tertiary/aromatic N) is 8. The maximum atomic E-state index is 14.6. The summed E-state index contributed by atoms with van der Waals surface area (Å²) in [4.78, 5) is 30.9. The number of halogens is 4. The van der Waals surface area contributed by atoms with Gasteiger partial charge in [-0.1, -0.05) is 16.8 Å². The van der Waals surface area contributed by atoms with Crippen molar-refractivity contribution in [1.82, 2.24) is 38.9 Å². The van der Waals surface area contributed by atoms with Crippen LogP contribution in [0.1, 0.15) is 36.6 Å². The molecular weight excluding hydrogens is 551 g/mol. The molecule has 0 saturated heterocycles. The van der Waals surface area contributed by atoms with Gasteiger partial charge in [-0.25, -0.2) is 32.0 Å². The molecule has 0 radical (unpaired) electrons. The number of aromatic nitrogens is 8. The van der Waals surface area contributed by atoms with Crippen molar-refractivity contribution in [1.29, 1.82) is 0 Å². The summed E-state index contributed by atoms with van der Waals surface area (Å²) in [5.41, 5.74) is -0.675. The lowest BCUT2D eigenvalue weighted by molar-refractivity contribution is 0.276. The highest BCUT2D eigenvalue weighted by Crippen LogP contribution is 2.32. The molecule has 206 valence electrons. The van der Waals surface area contributed by atoms with E-state index in [0.29, 0.717) is 28.7 Å². The van der Waals surface area contributed by atoms with Gasteiger partial charge < -0.3 is 5.32 Å². The number of hydrogen-bond acceptors (Lipinski definition) is 7. The molecule has 0 spiro atoms. The van der Waals surface area contributed by atoms with Gasteiger partial charge in [0.2, 0.25) is 5.95 Å². The molecule has 1 fully saturated rings. The molecule has 1 saturated carbocycles. The zero-order chi connectivity index (χ0) is 28.1. The molecule has 40 heavy (non-hydrogen) atoms. The molecule has 0 amide bonds. The van der Waals surface area contributed by atoms with Crippen molar-refractivity contribution in [2.24, 2.45) is 7.05 Å². The van der Waals surface area contributed by atoms with E-state index in [2.05, 4.69) is 25.7 Å². The fraction of sp³-hybridized carbons (Fsp3) is 0.280. The van der Waals surface area contributed by atoms with Gasteiger partial charge in [0.1, 0.15) is 5.82 Å². The summed E-state index contributed by atoms with van der Waals surface area (Å²) < 4.78 is 47.3. The second-order valence-corrected chi connectivity index (χ2v) is 10.0. The molecule has 1 aliphatic carbocycles. The number of aryl methyl sites for hydroxylation is 1. The molecule has 15 heteroatoms. The van der Waals surface area contributed by atoms with Gasteiger partial charge in [0, 0.05) is 30.3 Å². The van der Waals surface area contributed by atoms with Crippen LogP contribution in [0.25, 0.3) is 10.9 Å². The molecule has 0 atom stereocenters. The molecule has 1 N–H and O–H groups in total. The van der Waals surface area contributed by atoms with Crippen molar-refractivity contribution in [2.45, 2.75) is 38.4 Å². The summed E-state index contributed by atoms with van der Waals surface area (Å²) in [5, 5.41) is 16.1. The normalized spacial score (nSPS) is 13.6. The summed E-state index contributed by atoms with van der Waals surface area (Å²) in [7, 11) is 1.74. The molecule has 1 aliphatic rings. The summed E-state index contributed by atoms with van der Waals surface area (Å²) in [5.74, 6) is -4.01. The first-order chi connectivity index (χ1) is 19.2. The average molecular weight is 572 g/mol. The van der Waals surface area contributed by atoms with Gasteiger partial charge >= 0.3 is 11.4 Å². The third-order valence-electron chi connectivity index (χ3n) is 6.91. The number of fused-ring (bicyclic) bond motifs is 1. The number of rotatable bonds is 7. The van der Waals surface area contributed by atoms with Crippen LogP contribution < -0.4 is 16.7 Å². The van der Waals surface area contributed by atoms with Crippen LogP contribution >= 0.6 is 11.6 Å². The highest BCUT2D eigenvalue weighted by molar-refractivity contribution is 6.34. The molecule has 0 unspecified atom stereocenters. The third kappa shape index (κ3) is 4.63. The minimum absolute atomic E-state index is 0.116. The van der Waals surface area contributed by atoms with E-state index >= 15 is 0 Å². The summed E-state index contributed by atoms with van der Waals surface area (Å²) in [6.07, 6.45) is 6.03. The van der Waals surface area contributed by atoms with Crippen LogP contribution in [0.4, 0.5) is 24.8 Å². The maximum Gasteiger partial charge on any atom is 0.355 e. The van der Waals surface area contributed by atoms with E-state index in [-0.39, 0.29) is 34.8 Å². The quantitative estimate of drug-likeness (QED) is 0.297. The van der Waals surface area contributed by atoms with E-state index in [4.69, 9.17) is 11.6 Å². The zero-order valence-corrected chi connectivity index (χ0v) is 21.7. The zero-order valence-electron chi connectivity index (χ0n) is 21.0. The van der Waals surface area contributed by atoms with Crippen molar-refractivity contribution in [3.05, 3.63) is 91.4 Å². The molecule has 2 aromatic carbocycles. The number of anilines is 2. The SMILES string of the molecule is Cn1cc2cc(Nc3nc(=O)n(Cc4cnnn4C4CCC4)c(=O)n3Cc3cc(F)c(F)cc3F)c(Cl)cc2n1. The molecule has 3 aromatic heterocycles. The van der Waals surface area contributed by atoms with Crippen LogP contribution in [0.3, 0.4) is 0 Å². The molecular formula is C25H21ClF3N9O2. The topological polar surface area (TPSA) is 117 Å². The van der Waals surface area contributed by atoms with E-state index in [1.807, 2.05) is 0 Å². The van der Waals surface area contributed by atoms with Gasteiger partial charge in [0.25, 0.3) is 0 Å². The van der Waals surface area contributed by atoms with E-state index in [1.165, 1.54) is 6.20 Å². The lowest BCUT2D eigenvalue weighted by atomic mass is 9.93. The molecule has 3 heterocycles. The van der Waals surface area contributed by atoms with Gasteiger partial charge in [-0.2, -0.15) is 10.1 Å². The van der Waals surface area contributed by atoms with Gasteiger partial charge in [-0.05, 0) is 37.5 Å². The smallest absolute Gasteiger partial charge is 0.324 e. The van der Waals surface area contributed by atoms with Crippen LogP contribution in [-0.2, 0) is 20.1 Å². The van der Waals surface area contributed by atoms with E-state index in [0.717, 1.165) is 28.4 Å². The summed E-state index contributed by atoms with van der Waals surface area (Å²) >= 11 is 6.43. The monoisotopic (exact) mass is 571 g/mol. The largest absolute Gasteiger partial charge is 0.355 e. The van der Waals surface area contributed by atoms with Crippen LogP contribution in [0, 0.1) is 17.5 Å². The Balaban J connectivity index is 1.46. The Bertz CT molecular complexity index is 1890. The van der Waals surface area contributed by atoms with Crippen molar-refractivity contribution in [3.63, 3.8) is 0 Å². The van der Waals surface area contributed by atoms with Crippen LogP contribution in [0.2, 0.25) is 5.02 Å². The van der Waals surface area contributed by atoms with Crippen molar-refractivity contribution in [2.75, 3.05) is 5.32 Å². The van der Waals surface area contributed by atoms with Gasteiger partial charge in [-0.15, -0.1) is 5.10 Å². The van der Waals surface area contributed by atoms with Gasteiger partial charge in [0.15, 0.2) is 11.6 Å². The van der Waals surface area contributed by atoms with Crippen molar-refractivity contribution in [3.8, 4) is 0 Å².